The van der Waals surface area contributed by atoms with Gasteiger partial charge in [-0.25, -0.2) is 13.1 Å². The van der Waals surface area contributed by atoms with Gasteiger partial charge in [0.2, 0.25) is 5.91 Å². The number of amides is 1. The first kappa shape index (κ1) is 17.7. The van der Waals surface area contributed by atoms with E-state index in [4.69, 9.17) is 0 Å². The number of hydrogen-bond donors (Lipinski definition) is 1. The number of carbonyl (C=O) groups is 1. The lowest BCUT2D eigenvalue weighted by molar-refractivity contribution is -0.125. The van der Waals surface area contributed by atoms with E-state index in [0.29, 0.717) is 12.3 Å². The summed E-state index contributed by atoms with van der Waals surface area (Å²) in [6.07, 6.45) is 9.78. The third-order valence-corrected chi connectivity index (χ3v) is 5.84. The third kappa shape index (κ3) is 4.93. The van der Waals surface area contributed by atoms with Gasteiger partial charge in [-0.2, -0.15) is 0 Å². The quantitative estimate of drug-likeness (QED) is 0.774. The Morgan fingerprint density at radius 1 is 1.26 bits per heavy atom. The number of benzene rings is 1. The highest BCUT2D eigenvalue weighted by atomic mass is 32.2. The van der Waals surface area contributed by atoms with Crippen molar-refractivity contribution in [2.75, 3.05) is 0 Å². The average Bonchev–Trinajstić information content (AvgIpc) is 3.06. The minimum absolute atomic E-state index is 0.131. The third-order valence-electron chi connectivity index (χ3n) is 4.47. The van der Waals surface area contributed by atoms with Gasteiger partial charge in [-0.05, 0) is 50.7 Å². The maximum atomic E-state index is 12.6. The lowest BCUT2D eigenvalue weighted by Crippen LogP contribution is -2.38. The summed E-state index contributed by atoms with van der Waals surface area (Å²) in [7, 11) is -3.78. The highest BCUT2D eigenvalue weighted by Crippen LogP contribution is 2.34. The van der Waals surface area contributed by atoms with Crippen molar-refractivity contribution in [3.05, 3.63) is 42.5 Å². The second kappa shape index (κ2) is 8.29. The highest BCUT2D eigenvalue weighted by Gasteiger charge is 2.32. The number of sulfonamides is 1. The molecule has 0 bridgehead atoms. The molecule has 1 atom stereocenters. The average molecular weight is 335 g/mol. The lowest BCUT2D eigenvalue weighted by Gasteiger charge is -2.22. The molecule has 126 valence electrons. The molecule has 1 unspecified atom stereocenters. The molecule has 1 aliphatic rings. The summed E-state index contributed by atoms with van der Waals surface area (Å²) in [6, 6.07) is 8.05. The summed E-state index contributed by atoms with van der Waals surface area (Å²) in [4.78, 5) is 12.7. The van der Waals surface area contributed by atoms with Crippen LogP contribution in [0.1, 0.15) is 45.4 Å². The summed E-state index contributed by atoms with van der Waals surface area (Å²) in [5, 5.41) is 0. The Morgan fingerprint density at radius 2 is 1.91 bits per heavy atom. The zero-order valence-corrected chi connectivity index (χ0v) is 14.4. The Morgan fingerprint density at radius 3 is 2.52 bits per heavy atom. The van der Waals surface area contributed by atoms with Gasteiger partial charge in [-0.15, -0.1) is 0 Å². The van der Waals surface area contributed by atoms with Crippen LogP contribution in [0.4, 0.5) is 0 Å². The fourth-order valence-corrected chi connectivity index (χ4v) is 4.30. The first-order valence-corrected chi connectivity index (χ1v) is 9.76. The maximum absolute atomic E-state index is 12.6. The molecule has 1 aromatic carbocycles. The minimum atomic E-state index is -3.78. The number of nitrogens with one attached hydrogen (secondary N) is 1. The molecule has 0 radical (unpaired) electrons. The molecule has 1 aliphatic carbocycles. The SMILES string of the molecule is CC=CCCC(C(=O)NS(=O)(=O)c1ccccc1)C1CCCC1. The number of carbonyl (C=O) groups excluding carboxylic acids is 1. The van der Waals surface area contributed by atoms with Crippen LogP contribution in [0, 0.1) is 11.8 Å². The normalized spacial score (nSPS) is 17.4. The Kier molecular flexibility index (Phi) is 6.39. The molecule has 1 fully saturated rings. The molecule has 0 aliphatic heterocycles. The van der Waals surface area contributed by atoms with E-state index in [0.717, 1.165) is 32.1 Å². The first-order chi connectivity index (χ1) is 11.0. The van der Waals surface area contributed by atoms with Crippen molar-refractivity contribution in [1.29, 1.82) is 0 Å². The topological polar surface area (TPSA) is 63.2 Å². The van der Waals surface area contributed by atoms with Crippen molar-refractivity contribution in [3.63, 3.8) is 0 Å². The van der Waals surface area contributed by atoms with Crippen molar-refractivity contribution >= 4 is 15.9 Å². The molecular formula is C18H25NO3S. The van der Waals surface area contributed by atoms with Crippen LogP contribution in [0.5, 0.6) is 0 Å². The van der Waals surface area contributed by atoms with E-state index >= 15 is 0 Å². The van der Waals surface area contributed by atoms with Crippen LogP contribution in [-0.4, -0.2) is 14.3 Å². The molecule has 0 spiro atoms. The molecular weight excluding hydrogens is 310 g/mol. The standard InChI is InChI=1S/C18H25NO3S/c1-2-3-5-14-17(15-10-8-9-11-15)18(20)19-23(21,22)16-12-6-4-7-13-16/h2-4,6-7,12-13,15,17H,5,8-11,14H2,1H3,(H,19,20). The number of rotatable bonds is 7. The molecule has 23 heavy (non-hydrogen) atoms. The van der Waals surface area contributed by atoms with Gasteiger partial charge in [0.25, 0.3) is 10.0 Å². The molecule has 4 nitrogen and oxygen atoms in total. The number of allylic oxidation sites excluding steroid dienone is 2. The van der Waals surface area contributed by atoms with Crippen molar-refractivity contribution in [1.82, 2.24) is 4.72 Å². The molecule has 0 saturated heterocycles. The smallest absolute Gasteiger partial charge is 0.264 e. The van der Waals surface area contributed by atoms with Crippen molar-refractivity contribution in [2.45, 2.75) is 50.3 Å². The molecule has 1 aromatic rings. The van der Waals surface area contributed by atoms with Crippen LogP contribution in [-0.2, 0) is 14.8 Å². The van der Waals surface area contributed by atoms with Gasteiger partial charge in [0.15, 0.2) is 0 Å². The van der Waals surface area contributed by atoms with E-state index in [2.05, 4.69) is 4.72 Å². The van der Waals surface area contributed by atoms with Crippen molar-refractivity contribution in [2.24, 2.45) is 11.8 Å². The fraction of sp³-hybridized carbons (Fsp3) is 0.500. The van der Waals surface area contributed by atoms with E-state index in [-0.39, 0.29) is 16.7 Å². The Labute approximate surface area is 139 Å². The summed E-state index contributed by atoms with van der Waals surface area (Å²) < 4.78 is 27.0. The van der Waals surface area contributed by atoms with Gasteiger partial charge in [0.1, 0.15) is 0 Å². The van der Waals surface area contributed by atoms with Crippen LogP contribution >= 0.6 is 0 Å². The molecule has 2 rings (SSSR count). The summed E-state index contributed by atoms with van der Waals surface area (Å²) in [5.41, 5.74) is 0. The molecule has 1 saturated carbocycles. The minimum Gasteiger partial charge on any atom is -0.274 e. The van der Waals surface area contributed by atoms with Gasteiger partial charge >= 0.3 is 0 Å². The van der Waals surface area contributed by atoms with Gasteiger partial charge in [-0.1, -0.05) is 43.2 Å². The fourth-order valence-electron chi connectivity index (χ4n) is 3.25. The van der Waals surface area contributed by atoms with Crippen LogP contribution in [0.2, 0.25) is 0 Å². The Hall–Kier alpha value is -1.62. The van der Waals surface area contributed by atoms with Gasteiger partial charge in [0, 0.05) is 5.92 Å². The predicted molar refractivity (Wildman–Crippen MR) is 91.3 cm³/mol. The lowest BCUT2D eigenvalue weighted by atomic mass is 9.86. The van der Waals surface area contributed by atoms with E-state index in [1.54, 1.807) is 18.2 Å². The summed E-state index contributed by atoms with van der Waals surface area (Å²) in [5.74, 6) is -0.288. The molecule has 1 N–H and O–H groups in total. The van der Waals surface area contributed by atoms with Crippen LogP contribution in [0.3, 0.4) is 0 Å². The second-order valence-corrected chi connectivity index (χ2v) is 7.76. The zero-order valence-electron chi connectivity index (χ0n) is 13.6. The molecule has 5 heteroatoms. The summed E-state index contributed by atoms with van der Waals surface area (Å²) in [6.45, 7) is 1.95. The van der Waals surface area contributed by atoms with Crippen LogP contribution in [0.15, 0.2) is 47.4 Å². The van der Waals surface area contributed by atoms with Crippen LogP contribution < -0.4 is 4.72 Å². The molecule has 0 aromatic heterocycles. The Bertz CT molecular complexity index is 631. The summed E-state index contributed by atoms with van der Waals surface area (Å²) >= 11 is 0. The first-order valence-electron chi connectivity index (χ1n) is 8.27. The number of hydrogen-bond acceptors (Lipinski definition) is 3. The highest BCUT2D eigenvalue weighted by molar-refractivity contribution is 7.90. The van der Waals surface area contributed by atoms with Crippen molar-refractivity contribution < 1.29 is 13.2 Å². The van der Waals surface area contributed by atoms with Gasteiger partial charge < -0.3 is 0 Å². The zero-order chi connectivity index (χ0) is 16.7. The molecule has 1 amide bonds. The van der Waals surface area contributed by atoms with E-state index in [1.807, 2.05) is 19.1 Å². The van der Waals surface area contributed by atoms with E-state index < -0.39 is 10.0 Å². The monoisotopic (exact) mass is 335 g/mol. The predicted octanol–water partition coefficient (Wildman–Crippen LogP) is 3.65. The Balaban J connectivity index is 2.10. The second-order valence-electron chi connectivity index (χ2n) is 6.08. The van der Waals surface area contributed by atoms with Crippen molar-refractivity contribution in [3.8, 4) is 0 Å². The van der Waals surface area contributed by atoms with Crippen LogP contribution in [0.25, 0.3) is 0 Å². The molecule has 0 heterocycles. The van der Waals surface area contributed by atoms with Gasteiger partial charge in [0.05, 0.1) is 4.90 Å². The van der Waals surface area contributed by atoms with E-state index in [9.17, 15) is 13.2 Å². The van der Waals surface area contributed by atoms with E-state index in [1.165, 1.54) is 12.1 Å². The maximum Gasteiger partial charge on any atom is 0.264 e. The van der Waals surface area contributed by atoms with Gasteiger partial charge in [-0.3, -0.25) is 4.79 Å². The largest absolute Gasteiger partial charge is 0.274 e.